The molecule has 1 saturated heterocycles. The molecular weight excluding hydrogens is 540 g/mol. The smallest absolute Gasteiger partial charge is 0.303 e. The first-order chi connectivity index (χ1) is 19.9. The minimum Gasteiger partial charge on any atom is -0.458 e. The molecule has 0 radical (unpaired) electrons. The Labute approximate surface area is 246 Å². The van der Waals surface area contributed by atoms with Gasteiger partial charge in [-0.05, 0) is 86.1 Å². The SMILES string of the molecule is CC(=O)OCC(=O)[C@]12CN(CCCc3ccccc3)C[C@@H]1C[C@H]1[C@@H]3C[C@H](F)C4=CC(=O)C=C[C@]4(C)[C@@]3(F)[C@@H](O)C[C@@]12C. The molecule has 3 saturated carbocycles. The third-order valence-corrected chi connectivity index (χ3v) is 11.9. The molecule has 6 nitrogen and oxygen atoms in total. The predicted octanol–water partition coefficient (Wildman–Crippen LogP) is 4.60. The van der Waals surface area contributed by atoms with E-state index < -0.39 is 46.1 Å². The number of aryl methyl sites for hydroxylation is 1. The minimum atomic E-state index is -2.18. The first-order valence-electron chi connectivity index (χ1n) is 15.3. The summed E-state index contributed by atoms with van der Waals surface area (Å²) in [4.78, 5) is 40.3. The van der Waals surface area contributed by atoms with E-state index in [1.165, 1.54) is 30.7 Å². The van der Waals surface area contributed by atoms with Gasteiger partial charge in [0.2, 0.25) is 0 Å². The van der Waals surface area contributed by atoms with Gasteiger partial charge in [0, 0.05) is 31.3 Å². The third-order valence-electron chi connectivity index (χ3n) is 11.9. The molecule has 0 amide bonds. The molecule has 5 aliphatic rings. The lowest BCUT2D eigenvalue weighted by molar-refractivity contribution is -0.212. The van der Waals surface area contributed by atoms with Gasteiger partial charge in [-0.2, -0.15) is 0 Å². The summed E-state index contributed by atoms with van der Waals surface area (Å²) in [6.45, 7) is 6.34. The van der Waals surface area contributed by atoms with E-state index in [9.17, 15) is 19.5 Å². The van der Waals surface area contributed by atoms with Gasteiger partial charge in [-0.15, -0.1) is 0 Å². The van der Waals surface area contributed by atoms with Crippen LogP contribution in [0.15, 0.2) is 54.1 Å². The summed E-state index contributed by atoms with van der Waals surface area (Å²) in [5.74, 6) is -2.44. The van der Waals surface area contributed by atoms with Crippen molar-refractivity contribution in [3.8, 4) is 0 Å². The summed E-state index contributed by atoms with van der Waals surface area (Å²) in [5.41, 5.74) is -4.08. The van der Waals surface area contributed by atoms with Crippen molar-refractivity contribution in [2.24, 2.45) is 34.0 Å². The summed E-state index contributed by atoms with van der Waals surface area (Å²) in [5, 5.41) is 11.7. The number of ether oxygens (including phenoxy) is 1. The number of alkyl halides is 2. The second-order valence-electron chi connectivity index (χ2n) is 13.8. The maximum absolute atomic E-state index is 17.6. The molecule has 1 heterocycles. The number of hydrogen-bond donors (Lipinski definition) is 1. The number of allylic oxidation sites excluding steroid dienone is 4. The summed E-state index contributed by atoms with van der Waals surface area (Å²) in [6.07, 6.45) is 3.18. The first kappa shape index (κ1) is 29.4. The van der Waals surface area contributed by atoms with E-state index in [4.69, 9.17) is 4.74 Å². The number of carbonyl (C=O) groups is 3. The topological polar surface area (TPSA) is 83.9 Å². The number of carbonyl (C=O) groups excluding carboxylic acids is 3. The standard InChI is InChI=1S/C34H41F2NO5/c1-21(38)42-19-30(41)33-20-37(13-7-10-22-8-5-4-6-9-22)18-23(33)14-25-26-16-28(35)27-15-24(39)11-12-31(27,2)34(26,36)29(40)17-32(25,33)3/h4-6,8-9,11-12,15,23,25-26,28-29,40H,7,10,13-14,16-20H2,1-3H3/t23-,25-,26-,28-,29-,31-,32-,33-,34-/m0/s1. The Balaban J connectivity index is 1.33. The van der Waals surface area contributed by atoms with Gasteiger partial charge in [-0.3, -0.25) is 14.4 Å². The summed E-state index contributed by atoms with van der Waals surface area (Å²) >= 11 is 0. The Kier molecular flexibility index (Phi) is 7.12. The number of fused-ring (bicyclic) bond motifs is 7. The van der Waals surface area contributed by atoms with Crippen molar-refractivity contribution in [2.45, 2.75) is 70.8 Å². The van der Waals surface area contributed by atoms with E-state index >= 15 is 8.78 Å². The molecular formula is C34H41F2NO5. The van der Waals surface area contributed by atoms with Crippen LogP contribution >= 0.6 is 0 Å². The van der Waals surface area contributed by atoms with Crippen LogP contribution in [0.5, 0.6) is 0 Å². The van der Waals surface area contributed by atoms with Crippen molar-refractivity contribution >= 4 is 17.5 Å². The third kappa shape index (κ3) is 4.04. The molecule has 1 aromatic rings. The number of aliphatic hydroxyl groups is 1. The minimum absolute atomic E-state index is 0.0342. The van der Waals surface area contributed by atoms with E-state index in [1.807, 2.05) is 25.1 Å². The molecule has 0 unspecified atom stereocenters. The molecule has 9 atom stereocenters. The van der Waals surface area contributed by atoms with Crippen molar-refractivity contribution in [1.82, 2.24) is 4.90 Å². The molecule has 1 N–H and O–H groups in total. The van der Waals surface area contributed by atoms with Crippen LogP contribution in [-0.4, -0.2) is 71.7 Å². The molecule has 1 aromatic carbocycles. The number of Topliss-reactive ketones (excluding diaryl/α,β-unsaturated/α-hetero) is 1. The summed E-state index contributed by atoms with van der Waals surface area (Å²) in [7, 11) is 0. The highest BCUT2D eigenvalue weighted by molar-refractivity contribution is 6.01. The van der Waals surface area contributed by atoms with Gasteiger partial charge in [-0.25, -0.2) is 8.78 Å². The van der Waals surface area contributed by atoms with Crippen molar-refractivity contribution in [3.63, 3.8) is 0 Å². The monoisotopic (exact) mass is 581 g/mol. The number of nitrogens with zero attached hydrogens (tertiary/aromatic N) is 1. The number of aliphatic hydroxyl groups excluding tert-OH is 1. The van der Waals surface area contributed by atoms with Crippen LogP contribution in [0, 0.1) is 34.0 Å². The maximum Gasteiger partial charge on any atom is 0.303 e. The van der Waals surface area contributed by atoms with E-state index in [-0.39, 0.29) is 48.4 Å². The predicted molar refractivity (Wildman–Crippen MR) is 153 cm³/mol. The molecule has 0 bridgehead atoms. The Morgan fingerprint density at radius 2 is 1.88 bits per heavy atom. The number of hydrogen-bond acceptors (Lipinski definition) is 6. The fourth-order valence-corrected chi connectivity index (χ4v) is 10.00. The lowest BCUT2D eigenvalue weighted by Crippen LogP contribution is -2.69. The van der Waals surface area contributed by atoms with Crippen LogP contribution in [0.2, 0.25) is 0 Å². The van der Waals surface area contributed by atoms with Crippen molar-refractivity contribution < 1.29 is 33.0 Å². The second kappa shape index (κ2) is 10.2. The van der Waals surface area contributed by atoms with Crippen molar-refractivity contribution in [1.29, 1.82) is 0 Å². The highest BCUT2D eigenvalue weighted by Gasteiger charge is 2.78. The fraction of sp³-hybridized carbons (Fsp3) is 0.618. The quantitative estimate of drug-likeness (QED) is 0.474. The van der Waals surface area contributed by atoms with Gasteiger partial charge >= 0.3 is 5.97 Å². The molecule has 6 rings (SSSR count). The zero-order chi connectivity index (χ0) is 30.1. The van der Waals surface area contributed by atoms with Gasteiger partial charge in [0.1, 0.15) is 6.17 Å². The van der Waals surface area contributed by atoms with E-state index in [0.717, 1.165) is 19.4 Å². The number of likely N-dealkylation sites (tertiary alicyclic amines) is 1. The molecule has 4 fully saturated rings. The van der Waals surface area contributed by atoms with Crippen LogP contribution in [0.25, 0.3) is 0 Å². The molecule has 1 aliphatic heterocycles. The van der Waals surface area contributed by atoms with Gasteiger partial charge in [0.15, 0.2) is 23.8 Å². The average molecular weight is 582 g/mol. The number of ketones is 2. The van der Waals surface area contributed by atoms with E-state index in [2.05, 4.69) is 17.0 Å². The number of esters is 1. The highest BCUT2D eigenvalue weighted by atomic mass is 19.1. The van der Waals surface area contributed by atoms with Gasteiger partial charge < -0.3 is 14.7 Å². The van der Waals surface area contributed by atoms with Crippen LogP contribution in [0.4, 0.5) is 8.78 Å². The second-order valence-corrected chi connectivity index (χ2v) is 13.8. The van der Waals surface area contributed by atoms with Gasteiger partial charge in [-0.1, -0.05) is 43.3 Å². The van der Waals surface area contributed by atoms with Crippen molar-refractivity contribution in [2.75, 3.05) is 26.2 Å². The van der Waals surface area contributed by atoms with Crippen LogP contribution in [-0.2, 0) is 25.5 Å². The van der Waals surface area contributed by atoms with E-state index in [1.54, 1.807) is 6.92 Å². The Morgan fingerprint density at radius 1 is 1.14 bits per heavy atom. The molecule has 8 heteroatoms. The number of rotatable bonds is 7. The summed E-state index contributed by atoms with van der Waals surface area (Å²) in [6, 6.07) is 10.2. The van der Waals surface area contributed by atoms with Gasteiger partial charge in [0.05, 0.1) is 11.5 Å². The number of halogens is 2. The zero-order valence-corrected chi connectivity index (χ0v) is 24.7. The van der Waals surface area contributed by atoms with Crippen LogP contribution < -0.4 is 0 Å². The molecule has 0 aromatic heterocycles. The zero-order valence-electron chi connectivity index (χ0n) is 24.7. The van der Waals surface area contributed by atoms with Crippen molar-refractivity contribution in [3.05, 3.63) is 59.7 Å². The van der Waals surface area contributed by atoms with Crippen LogP contribution in [0.3, 0.4) is 0 Å². The van der Waals surface area contributed by atoms with Crippen LogP contribution in [0.1, 0.15) is 52.0 Å². The summed E-state index contributed by atoms with van der Waals surface area (Å²) < 4.78 is 38.7. The maximum atomic E-state index is 17.6. The Hall–Kier alpha value is -2.71. The molecule has 42 heavy (non-hydrogen) atoms. The normalized spacial score (nSPS) is 42.3. The van der Waals surface area contributed by atoms with Gasteiger partial charge in [0.25, 0.3) is 0 Å². The lowest BCUT2D eigenvalue weighted by atomic mass is 9.43. The molecule has 4 aliphatic carbocycles. The largest absolute Gasteiger partial charge is 0.458 e. The van der Waals surface area contributed by atoms with E-state index in [0.29, 0.717) is 19.5 Å². The Morgan fingerprint density at radius 3 is 2.60 bits per heavy atom. The Bertz CT molecular complexity index is 1350. The molecule has 226 valence electrons. The molecule has 0 spiro atoms. The highest BCUT2D eigenvalue weighted by Crippen LogP contribution is 2.74. The fourth-order valence-electron chi connectivity index (χ4n) is 10.00. The first-order valence-corrected chi connectivity index (χ1v) is 15.3. The average Bonchev–Trinajstić information content (AvgIpc) is 3.43. The number of benzene rings is 1. The lowest BCUT2D eigenvalue weighted by Gasteiger charge is -2.63.